The van der Waals surface area contributed by atoms with Crippen LogP contribution in [0, 0.1) is 5.92 Å². The van der Waals surface area contributed by atoms with Crippen molar-refractivity contribution < 1.29 is 9.90 Å². The van der Waals surface area contributed by atoms with Crippen molar-refractivity contribution in [2.24, 2.45) is 5.92 Å². The number of fused-ring (bicyclic) bond motifs is 1. The number of aryl methyl sites for hydroxylation is 1. The van der Waals surface area contributed by atoms with E-state index in [0.717, 1.165) is 30.6 Å². The van der Waals surface area contributed by atoms with Crippen LogP contribution in [-0.2, 0) is 17.8 Å². The molecule has 0 amide bonds. The van der Waals surface area contributed by atoms with Crippen LogP contribution in [0.4, 0.5) is 0 Å². The number of nitrogens with one attached hydrogen (secondary N) is 2. The molecule has 1 unspecified atom stereocenters. The summed E-state index contributed by atoms with van der Waals surface area (Å²) in [6.45, 7) is 5.88. The zero-order valence-electron chi connectivity index (χ0n) is 12.8. The maximum Gasteiger partial charge on any atom is 0.327 e. The highest BCUT2D eigenvalue weighted by Gasteiger charge is 2.29. The van der Waals surface area contributed by atoms with Gasteiger partial charge >= 0.3 is 5.97 Å². The van der Waals surface area contributed by atoms with Crippen molar-refractivity contribution in [2.45, 2.75) is 39.3 Å². The number of carbonyl (C=O) groups is 1. The second-order valence-electron chi connectivity index (χ2n) is 6.10. The molecule has 0 saturated carbocycles. The Morgan fingerprint density at radius 2 is 2.36 bits per heavy atom. The summed E-state index contributed by atoms with van der Waals surface area (Å²) in [6.07, 6.45) is 5.55. The van der Waals surface area contributed by atoms with Gasteiger partial charge in [0.2, 0.25) is 0 Å². The molecule has 3 heterocycles. The van der Waals surface area contributed by atoms with Gasteiger partial charge in [-0.25, -0.2) is 4.98 Å². The standard InChI is InChI=1S/C15H21N5O2/c1-9(2)4-6-20-8-10(7-17-20)14-18-11-3-5-16-13(15(21)22)12(11)19-14/h7-9,13,16H,3-6H2,1-2H3,(H,18,19)(H,21,22). The molecule has 3 N–H and O–H groups in total. The fraction of sp³-hybridized carbons (Fsp3) is 0.533. The minimum Gasteiger partial charge on any atom is -0.480 e. The van der Waals surface area contributed by atoms with E-state index < -0.39 is 12.0 Å². The van der Waals surface area contributed by atoms with E-state index in [4.69, 9.17) is 0 Å². The summed E-state index contributed by atoms with van der Waals surface area (Å²) in [4.78, 5) is 19.0. The average Bonchev–Trinajstić information content (AvgIpc) is 3.10. The van der Waals surface area contributed by atoms with Gasteiger partial charge in [0.25, 0.3) is 0 Å². The summed E-state index contributed by atoms with van der Waals surface area (Å²) in [6, 6.07) is -0.732. The van der Waals surface area contributed by atoms with Crippen molar-refractivity contribution in [1.82, 2.24) is 25.1 Å². The molecule has 118 valence electrons. The second kappa shape index (κ2) is 5.92. The van der Waals surface area contributed by atoms with Gasteiger partial charge in [-0.1, -0.05) is 13.8 Å². The third kappa shape index (κ3) is 2.89. The van der Waals surface area contributed by atoms with E-state index in [2.05, 4.69) is 34.2 Å². The number of hydrogen-bond acceptors (Lipinski definition) is 4. The van der Waals surface area contributed by atoms with Crippen molar-refractivity contribution in [3.05, 3.63) is 23.8 Å². The van der Waals surface area contributed by atoms with E-state index in [1.807, 2.05) is 10.9 Å². The first-order valence-corrected chi connectivity index (χ1v) is 7.62. The summed E-state index contributed by atoms with van der Waals surface area (Å²) in [7, 11) is 0. The molecule has 1 aliphatic heterocycles. The minimum atomic E-state index is -0.897. The first kappa shape index (κ1) is 14.8. The Morgan fingerprint density at radius 1 is 1.55 bits per heavy atom. The van der Waals surface area contributed by atoms with Gasteiger partial charge in [-0.15, -0.1) is 0 Å². The number of carboxylic acid groups (broad SMARTS) is 1. The Morgan fingerprint density at radius 3 is 3.09 bits per heavy atom. The average molecular weight is 303 g/mol. The maximum atomic E-state index is 11.3. The Hall–Kier alpha value is -2.15. The van der Waals surface area contributed by atoms with Gasteiger partial charge < -0.3 is 10.1 Å². The van der Waals surface area contributed by atoms with Crippen LogP contribution in [0.5, 0.6) is 0 Å². The fourth-order valence-electron chi connectivity index (χ4n) is 2.63. The third-order valence-electron chi connectivity index (χ3n) is 3.90. The molecule has 1 atom stereocenters. The van der Waals surface area contributed by atoms with Gasteiger partial charge in [-0.2, -0.15) is 5.10 Å². The Bertz CT molecular complexity index is 673. The Kier molecular flexibility index (Phi) is 3.98. The van der Waals surface area contributed by atoms with Crippen LogP contribution in [0.1, 0.15) is 37.7 Å². The summed E-state index contributed by atoms with van der Waals surface area (Å²) >= 11 is 0. The molecular weight excluding hydrogens is 282 g/mol. The van der Waals surface area contributed by atoms with Crippen molar-refractivity contribution in [1.29, 1.82) is 0 Å². The zero-order valence-corrected chi connectivity index (χ0v) is 12.8. The van der Waals surface area contributed by atoms with Crippen LogP contribution in [0.25, 0.3) is 11.4 Å². The summed E-state index contributed by atoms with van der Waals surface area (Å²) in [5.74, 6) is 0.424. The second-order valence-corrected chi connectivity index (χ2v) is 6.10. The highest BCUT2D eigenvalue weighted by Crippen LogP contribution is 2.25. The lowest BCUT2D eigenvalue weighted by molar-refractivity contribution is -0.139. The number of imidazole rings is 1. The number of aromatic amines is 1. The van der Waals surface area contributed by atoms with Crippen LogP contribution in [0.3, 0.4) is 0 Å². The Labute approximate surface area is 128 Å². The molecule has 0 bridgehead atoms. The fourth-order valence-corrected chi connectivity index (χ4v) is 2.63. The molecule has 2 aromatic rings. The van der Waals surface area contributed by atoms with E-state index in [1.54, 1.807) is 6.20 Å². The van der Waals surface area contributed by atoms with Gasteiger partial charge in [0.15, 0.2) is 6.04 Å². The molecule has 1 aliphatic rings. The molecule has 22 heavy (non-hydrogen) atoms. The van der Waals surface area contributed by atoms with Crippen molar-refractivity contribution in [2.75, 3.05) is 6.54 Å². The largest absolute Gasteiger partial charge is 0.480 e. The van der Waals surface area contributed by atoms with Gasteiger partial charge in [0, 0.05) is 31.4 Å². The lowest BCUT2D eigenvalue weighted by Crippen LogP contribution is -2.35. The Balaban J connectivity index is 1.83. The van der Waals surface area contributed by atoms with Gasteiger partial charge in [-0.3, -0.25) is 14.8 Å². The molecule has 0 aromatic carbocycles. The minimum absolute atomic E-state index is 0.587. The van der Waals surface area contributed by atoms with Crippen LogP contribution < -0.4 is 5.32 Å². The maximum absolute atomic E-state index is 11.3. The van der Waals surface area contributed by atoms with Crippen LogP contribution >= 0.6 is 0 Å². The summed E-state index contributed by atoms with van der Waals surface area (Å²) < 4.78 is 1.91. The van der Waals surface area contributed by atoms with Crippen molar-refractivity contribution >= 4 is 5.97 Å². The highest BCUT2D eigenvalue weighted by molar-refractivity contribution is 5.76. The number of nitrogens with zero attached hydrogens (tertiary/aromatic N) is 3. The van der Waals surface area contributed by atoms with Crippen LogP contribution in [0.15, 0.2) is 12.4 Å². The SMILES string of the molecule is CC(C)CCn1cc(-c2nc3c([nH]2)CCNC3C(=O)O)cn1. The quantitative estimate of drug-likeness (QED) is 0.779. The lowest BCUT2D eigenvalue weighted by atomic mass is 10.1. The zero-order chi connectivity index (χ0) is 15.7. The summed E-state index contributed by atoms with van der Waals surface area (Å²) in [5, 5.41) is 16.6. The van der Waals surface area contributed by atoms with Gasteiger partial charge in [0.05, 0.1) is 17.5 Å². The molecule has 2 aromatic heterocycles. The van der Waals surface area contributed by atoms with Gasteiger partial charge in [0.1, 0.15) is 5.82 Å². The highest BCUT2D eigenvalue weighted by atomic mass is 16.4. The van der Waals surface area contributed by atoms with E-state index in [0.29, 0.717) is 24.0 Å². The number of hydrogen-bond donors (Lipinski definition) is 3. The van der Waals surface area contributed by atoms with Crippen molar-refractivity contribution in [3.8, 4) is 11.4 Å². The predicted molar refractivity (Wildman–Crippen MR) is 81.3 cm³/mol. The molecule has 7 nitrogen and oxygen atoms in total. The van der Waals surface area contributed by atoms with E-state index in [1.165, 1.54) is 0 Å². The molecule has 0 aliphatic carbocycles. The monoisotopic (exact) mass is 303 g/mol. The smallest absolute Gasteiger partial charge is 0.327 e. The van der Waals surface area contributed by atoms with Crippen molar-refractivity contribution in [3.63, 3.8) is 0 Å². The van der Waals surface area contributed by atoms with E-state index >= 15 is 0 Å². The molecule has 7 heteroatoms. The van der Waals surface area contributed by atoms with Crippen LogP contribution in [-0.4, -0.2) is 37.4 Å². The number of H-pyrrole nitrogens is 1. The van der Waals surface area contributed by atoms with Gasteiger partial charge in [-0.05, 0) is 12.3 Å². The third-order valence-corrected chi connectivity index (χ3v) is 3.90. The normalized spacial score (nSPS) is 17.7. The lowest BCUT2D eigenvalue weighted by Gasteiger charge is -2.18. The molecule has 3 rings (SSSR count). The topological polar surface area (TPSA) is 95.8 Å². The summed E-state index contributed by atoms with van der Waals surface area (Å²) in [5.41, 5.74) is 2.38. The first-order chi connectivity index (χ1) is 10.5. The molecule has 0 saturated heterocycles. The predicted octanol–water partition coefficient (Wildman–Crippen LogP) is 1.59. The van der Waals surface area contributed by atoms with Crippen LogP contribution in [0.2, 0.25) is 0 Å². The molecular formula is C15H21N5O2. The first-order valence-electron chi connectivity index (χ1n) is 7.62. The van der Waals surface area contributed by atoms with E-state index in [9.17, 15) is 9.90 Å². The number of aliphatic carboxylic acids is 1. The number of aromatic nitrogens is 4. The van der Waals surface area contributed by atoms with E-state index in [-0.39, 0.29) is 0 Å². The number of rotatable bonds is 5. The molecule has 0 radical (unpaired) electrons. The molecule has 0 fully saturated rings. The molecule has 0 spiro atoms. The number of carboxylic acids is 1.